The lowest BCUT2D eigenvalue weighted by atomic mass is 10.0. The predicted octanol–water partition coefficient (Wildman–Crippen LogP) is 9.02. The van der Waals surface area contributed by atoms with Gasteiger partial charge in [-0.15, -0.1) is 0 Å². The molecular weight excluding hydrogens is 513 g/mol. The van der Waals surface area contributed by atoms with Gasteiger partial charge >= 0.3 is 7.60 Å². The van der Waals surface area contributed by atoms with Crippen molar-refractivity contribution >= 4 is 21.8 Å². The molecule has 0 fully saturated rings. The number of amides is 1. The van der Waals surface area contributed by atoms with E-state index in [1.54, 1.807) is 19.9 Å². The van der Waals surface area contributed by atoms with Gasteiger partial charge < -0.3 is 18.8 Å². The second-order valence-corrected chi connectivity index (χ2v) is 18.1. The Balaban J connectivity index is 2.89. The molecule has 1 N–H and O–H groups in total. The quantitative estimate of drug-likeness (QED) is 0.103. The first-order valence-corrected chi connectivity index (χ1v) is 19.0. The molecule has 0 unspecified atom stereocenters. The minimum atomic E-state index is -3.36. The number of unbranched alkanes of at least 4 members (excludes halogenated alkanes) is 6. The summed E-state index contributed by atoms with van der Waals surface area (Å²) < 4.78 is 30.2. The molecule has 1 amide bonds. The average molecular weight is 568 g/mol. The van der Waals surface area contributed by atoms with Crippen LogP contribution in [0.4, 0.5) is 0 Å². The van der Waals surface area contributed by atoms with Crippen molar-refractivity contribution in [3.8, 4) is 5.75 Å². The third kappa shape index (κ3) is 13.6. The molecule has 1 atom stereocenters. The van der Waals surface area contributed by atoms with Gasteiger partial charge in [0.25, 0.3) is 0 Å². The highest BCUT2D eigenvalue weighted by Gasteiger charge is 2.38. The number of nitrogens with one attached hydrogen (secondary N) is 1. The van der Waals surface area contributed by atoms with Crippen LogP contribution >= 0.6 is 7.60 Å². The summed E-state index contributed by atoms with van der Waals surface area (Å²) in [5, 5.41) is 3.25. The molecule has 0 radical (unpaired) electrons. The van der Waals surface area contributed by atoms with Crippen LogP contribution < -0.4 is 9.74 Å². The van der Waals surface area contributed by atoms with Crippen LogP contribution in [0.25, 0.3) is 0 Å². The summed E-state index contributed by atoms with van der Waals surface area (Å²) >= 11 is 0. The number of carbonyl (C=O) groups is 1. The zero-order valence-electron chi connectivity index (χ0n) is 25.3. The van der Waals surface area contributed by atoms with Crippen LogP contribution in [0.5, 0.6) is 5.75 Å². The normalized spacial score (nSPS) is 13.6. The number of rotatable bonds is 19. The smallest absolute Gasteiger partial charge is 0.353 e. The molecule has 0 aliphatic heterocycles. The largest absolute Gasteiger partial charge is 0.544 e. The molecule has 1 aromatic carbocycles. The fourth-order valence-corrected chi connectivity index (χ4v) is 6.19. The van der Waals surface area contributed by atoms with Gasteiger partial charge in [-0.05, 0) is 62.5 Å². The second kappa shape index (κ2) is 17.3. The maximum absolute atomic E-state index is 13.0. The Morgan fingerprint density at radius 1 is 0.947 bits per heavy atom. The Kier molecular flexibility index (Phi) is 15.8. The van der Waals surface area contributed by atoms with Crippen molar-refractivity contribution in [1.82, 2.24) is 5.32 Å². The van der Waals surface area contributed by atoms with Gasteiger partial charge in [-0.1, -0.05) is 84.4 Å². The highest BCUT2D eigenvalue weighted by atomic mass is 31.2. The van der Waals surface area contributed by atoms with E-state index in [1.165, 1.54) is 37.9 Å². The van der Waals surface area contributed by atoms with Gasteiger partial charge in [0.15, 0.2) is 0 Å². The molecule has 0 bridgehead atoms. The van der Waals surface area contributed by atoms with E-state index in [0.29, 0.717) is 12.8 Å². The highest BCUT2D eigenvalue weighted by molar-refractivity contribution is 7.57. The highest BCUT2D eigenvalue weighted by Crippen LogP contribution is 2.49. The molecular formula is C30H54NO5PSi. The summed E-state index contributed by atoms with van der Waals surface area (Å²) in [7, 11) is -5.28. The molecule has 0 aliphatic carbocycles. The minimum absolute atomic E-state index is 0.00809. The first-order valence-electron chi connectivity index (χ1n) is 14.5. The van der Waals surface area contributed by atoms with Gasteiger partial charge in [0.1, 0.15) is 5.75 Å². The van der Waals surface area contributed by atoms with Crippen LogP contribution in [0.15, 0.2) is 36.2 Å². The Morgan fingerprint density at radius 3 is 2.03 bits per heavy atom. The molecule has 1 aromatic rings. The van der Waals surface area contributed by atoms with Gasteiger partial charge in [0.05, 0.1) is 19.3 Å². The van der Waals surface area contributed by atoms with E-state index in [-0.39, 0.29) is 30.2 Å². The van der Waals surface area contributed by atoms with E-state index in [0.717, 1.165) is 24.2 Å². The zero-order chi connectivity index (χ0) is 28.7. The minimum Gasteiger partial charge on any atom is -0.544 e. The van der Waals surface area contributed by atoms with E-state index < -0.39 is 15.9 Å². The van der Waals surface area contributed by atoms with Crippen LogP contribution in [0, 0.1) is 0 Å². The second-order valence-electron chi connectivity index (χ2n) is 11.5. The first-order chi connectivity index (χ1) is 17.9. The van der Waals surface area contributed by atoms with E-state index in [4.69, 9.17) is 13.5 Å². The molecule has 0 heterocycles. The van der Waals surface area contributed by atoms with Gasteiger partial charge in [-0.25, -0.2) is 0 Å². The molecule has 38 heavy (non-hydrogen) atoms. The predicted molar refractivity (Wildman–Crippen MR) is 163 cm³/mol. The molecule has 0 aromatic heterocycles. The van der Waals surface area contributed by atoms with Gasteiger partial charge in [0.2, 0.25) is 14.2 Å². The van der Waals surface area contributed by atoms with Crippen molar-refractivity contribution < 1.29 is 22.8 Å². The SMILES string of the molecule is CCCCCCCCCC(=O)N[C@@H](C=CP(=O)(OCC)OCC)Cc1ccc(O[Si](C)(C)C(C)(C)C)cc1. The summed E-state index contributed by atoms with van der Waals surface area (Å²) in [5.41, 5.74) is 1.06. The first kappa shape index (κ1) is 34.6. The summed E-state index contributed by atoms with van der Waals surface area (Å²) in [6.45, 7) is 17.5. The number of carbonyl (C=O) groups excluding carboxylic acids is 1. The maximum atomic E-state index is 13.0. The van der Waals surface area contributed by atoms with E-state index in [9.17, 15) is 9.36 Å². The third-order valence-corrected chi connectivity index (χ3v) is 13.2. The maximum Gasteiger partial charge on any atom is 0.353 e. The molecule has 0 aliphatic rings. The van der Waals surface area contributed by atoms with E-state index >= 15 is 0 Å². The molecule has 0 saturated heterocycles. The van der Waals surface area contributed by atoms with Crippen molar-refractivity contribution in [2.24, 2.45) is 0 Å². The Morgan fingerprint density at radius 2 is 1.50 bits per heavy atom. The lowest BCUT2D eigenvalue weighted by molar-refractivity contribution is -0.121. The summed E-state index contributed by atoms with van der Waals surface area (Å²) in [4.78, 5) is 12.8. The fourth-order valence-electron chi connectivity index (χ4n) is 3.78. The Labute approximate surface area is 234 Å². The van der Waals surface area contributed by atoms with Gasteiger partial charge in [-0.2, -0.15) is 0 Å². The number of hydrogen-bond donors (Lipinski definition) is 1. The van der Waals surface area contributed by atoms with Crippen LogP contribution in [-0.2, 0) is 24.8 Å². The Hall–Kier alpha value is -1.40. The Bertz CT molecular complexity index is 870. The van der Waals surface area contributed by atoms with Crippen LogP contribution in [0.2, 0.25) is 18.1 Å². The standard InChI is InChI=1S/C30H54NO5PSi/c1-9-12-13-14-15-16-17-18-29(32)31-27(23-24-37(33,34-10-2)35-11-3)25-26-19-21-28(22-20-26)36-38(7,8)30(4,5)6/h19-24,27H,9-18,25H2,1-8H3,(H,31,32)/t27-/m0/s1. The topological polar surface area (TPSA) is 73.9 Å². The fraction of sp³-hybridized carbons (Fsp3) is 0.700. The van der Waals surface area contributed by atoms with Crippen molar-refractivity contribution in [3.05, 3.63) is 41.7 Å². The summed E-state index contributed by atoms with van der Waals surface area (Å²) in [6.07, 6.45) is 11.0. The van der Waals surface area contributed by atoms with Crippen LogP contribution in [0.3, 0.4) is 0 Å². The van der Waals surface area contributed by atoms with Crippen LogP contribution in [-0.4, -0.2) is 33.5 Å². The molecule has 0 saturated carbocycles. The third-order valence-electron chi connectivity index (χ3n) is 7.03. The van der Waals surface area contributed by atoms with Crippen molar-refractivity contribution in [2.45, 2.75) is 124 Å². The van der Waals surface area contributed by atoms with Gasteiger partial charge in [0, 0.05) is 12.2 Å². The molecule has 0 spiro atoms. The average Bonchev–Trinajstić information content (AvgIpc) is 2.83. The molecule has 218 valence electrons. The number of benzene rings is 1. The number of hydrogen-bond acceptors (Lipinski definition) is 5. The van der Waals surface area contributed by atoms with E-state index in [2.05, 4.69) is 46.1 Å². The molecule has 8 heteroatoms. The molecule has 1 rings (SSSR count). The van der Waals surface area contributed by atoms with Crippen molar-refractivity contribution in [1.29, 1.82) is 0 Å². The molecule has 6 nitrogen and oxygen atoms in total. The van der Waals surface area contributed by atoms with Crippen molar-refractivity contribution in [3.63, 3.8) is 0 Å². The van der Waals surface area contributed by atoms with Crippen molar-refractivity contribution in [2.75, 3.05) is 13.2 Å². The summed E-state index contributed by atoms with van der Waals surface area (Å²) in [5.74, 6) is 2.37. The van der Waals surface area contributed by atoms with Gasteiger partial charge in [-0.3, -0.25) is 9.36 Å². The zero-order valence-corrected chi connectivity index (χ0v) is 27.2. The monoisotopic (exact) mass is 567 g/mol. The lowest BCUT2D eigenvalue weighted by Crippen LogP contribution is -2.43. The summed E-state index contributed by atoms with van der Waals surface area (Å²) in [6, 6.07) is 7.76. The lowest BCUT2D eigenvalue weighted by Gasteiger charge is -2.36. The van der Waals surface area contributed by atoms with Crippen LogP contribution in [0.1, 0.15) is 98.5 Å². The van der Waals surface area contributed by atoms with E-state index in [1.807, 2.05) is 24.3 Å².